The van der Waals surface area contributed by atoms with Crippen LogP contribution in [-0.4, -0.2) is 29.9 Å². The van der Waals surface area contributed by atoms with Gasteiger partial charge in [0.1, 0.15) is 0 Å². The number of benzene rings is 1. The Labute approximate surface area is 125 Å². The van der Waals surface area contributed by atoms with Crippen molar-refractivity contribution in [3.05, 3.63) is 41.4 Å². The van der Waals surface area contributed by atoms with Crippen LogP contribution in [0.15, 0.2) is 30.9 Å². The first-order valence-electron chi connectivity index (χ1n) is 6.35. The van der Waals surface area contributed by atoms with E-state index >= 15 is 0 Å². The number of carbonyl (C=O) groups is 1. The highest BCUT2D eigenvalue weighted by Crippen LogP contribution is 2.33. The molecule has 1 heterocycles. The molecule has 1 aliphatic rings. The second kappa shape index (κ2) is 5.97. The van der Waals surface area contributed by atoms with E-state index in [-0.39, 0.29) is 17.0 Å². The minimum absolute atomic E-state index is 0.0179. The number of hydrogen-bond acceptors (Lipinski definition) is 2. The van der Waals surface area contributed by atoms with Crippen molar-refractivity contribution < 1.29 is 18.0 Å². The molecule has 114 valence electrons. The van der Waals surface area contributed by atoms with Crippen molar-refractivity contribution in [3.8, 4) is 0 Å². The predicted molar refractivity (Wildman–Crippen MR) is 75.3 cm³/mol. The maximum absolute atomic E-state index is 12.7. The summed E-state index contributed by atoms with van der Waals surface area (Å²) in [6.45, 7) is 4.39. The van der Waals surface area contributed by atoms with Gasteiger partial charge in [-0.1, -0.05) is 18.2 Å². The number of anilines is 1. The molecule has 0 spiro atoms. The lowest BCUT2D eigenvalue weighted by Gasteiger charge is -2.17. The molecule has 21 heavy (non-hydrogen) atoms. The van der Waals surface area contributed by atoms with Crippen molar-refractivity contribution in [3.63, 3.8) is 0 Å². The van der Waals surface area contributed by atoms with Crippen LogP contribution in [-0.2, 0) is 11.0 Å². The first-order valence-corrected chi connectivity index (χ1v) is 6.73. The van der Waals surface area contributed by atoms with Gasteiger partial charge in [-0.05, 0) is 30.7 Å². The maximum Gasteiger partial charge on any atom is 0.416 e. The number of alkyl halides is 3. The first kappa shape index (κ1) is 15.7. The number of amides is 1. The Bertz CT molecular complexity index is 560. The van der Waals surface area contributed by atoms with Crippen LogP contribution in [0.2, 0.25) is 5.02 Å². The van der Waals surface area contributed by atoms with E-state index in [1.54, 1.807) is 4.90 Å². The van der Waals surface area contributed by atoms with E-state index in [2.05, 4.69) is 11.9 Å². The number of likely N-dealkylation sites (tertiary alicyclic amines) is 1. The molecule has 2 rings (SSSR count). The fourth-order valence-electron chi connectivity index (χ4n) is 2.28. The quantitative estimate of drug-likeness (QED) is 0.864. The summed E-state index contributed by atoms with van der Waals surface area (Å²) in [5.41, 5.74) is -0.498. The average molecular weight is 319 g/mol. The molecule has 1 amide bonds. The van der Waals surface area contributed by atoms with Gasteiger partial charge in [-0.2, -0.15) is 13.2 Å². The Morgan fingerprint density at radius 3 is 2.76 bits per heavy atom. The third kappa shape index (κ3) is 3.91. The van der Waals surface area contributed by atoms with Crippen molar-refractivity contribution in [1.29, 1.82) is 0 Å². The van der Waals surface area contributed by atoms with Crippen molar-refractivity contribution in [2.45, 2.75) is 18.6 Å². The molecule has 0 aromatic heterocycles. The predicted octanol–water partition coefficient (Wildman–Crippen LogP) is 3.56. The van der Waals surface area contributed by atoms with E-state index in [1.165, 1.54) is 12.1 Å². The average Bonchev–Trinajstić information content (AvgIpc) is 2.84. The lowest BCUT2D eigenvalue weighted by Crippen LogP contribution is -2.30. The third-order valence-corrected chi connectivity index (χ3v) is 3.49. The molecule has 0 radical (unpaired) electrons. The van der Waals surface area contributed by atoms with Crippen molar-refractivity contribution in [2.24, 2.45) is 0 Å². The third-order valence-electron chi connectivity index (χ3n) is 3.27. The minimum atomic E-state index is -4.44. The van der Waals surface area contributed by atoms with E-state index < -0.39 is 11.7 Å². The van der Waals surface area contributed by atoms with E-state index in [0.29, 0.717) is 25.2 Å². The number of carbonyl (C=O) groups excluding carboxylic acids is 1. The molecule has 1 unspecified atom stereocenters. The molecular formula is C14H14ClF3N2O. The highest BCUT2D eigenvalue weighted by molar-refractivity contribution is 6.30. The smallest absolute Gasteiger partial charge is 0.380 e. The van der Waals surface area contributed by atoms with Gasteiger partial charge in [0.15, 0.2) is 0 Å². The zero-order valence-corrected chi connectivity index (χ0v) is 11.8. The fourth-order valence-corrected chi connectivity index (χ4v) is 2.51. The zero-order chi connectivity index (χ0) is 15.6. The normalized spacial score (nSPS) is 18.7. The van der Waals surface area contributed by atoms with Gasteiger partial charge >= 0.3 is 6.18 Å². The Morgan fingerprint density at radius 1 is 1.43 bits per heavy atom. The van der Waals surface area contributed by atoms with E-state index in [1.807, 2.05) is 0 Å². The summed E-state index contributed by atoms with van der Waals surface area (Å²) in [5, 5.41) is 3.01. The highest BCUT2D eigenvalue weighted by atomic mass is 35.5. The van der Waals surface area contributed by atoms with Gasteiger partial charge in [0.05, 0.1) is 5.56 Å². The number of nitrogens with one attached hydrogen (secondary N) is 1. The second-order valence-corrected chi connectivity index (χ2v) is 5.28. The molecule has 1 aromatic rings. The van der Waals surface area contributed by atoms with Gasteiger partial charge in [-0.3, -0.25) is 4.79 Å². The monoisotopic (exact) mass is 318 g/mol. The van der Waals surface area contributed by atoms with Crippen LogP contribution < -0.4 is 5.32 Å². The lowest BCUT2D eigenvalue weighted by atomic mass is 10.1. The summed E-state index contributed by atoms with van der Waals surface area (Å²) in [6.07, 6.45) is -2.56. The Kier molecular flexibility index (Phi) is 4.46. The van der Waals surface area contributed by atoms with Gasteiger partial charge in [0.2, 0.25) is 5.91 Å². The number of halogens is 4. The SMILES string of the molecule is C=CC(=O)N1CCC(Nc2cc(Cl)cc(C(F)(F)F)c2)C1. The molecule has 1 aromatic carbocycles. The summed E-state index contributed by atoms with van der Waals surface area (Å²) in [6, 6.07) is 3.24. The molecule has 1 aliphatic heterocycles. The molecule has 3 nitrogen and oxygen atoms in total. The largest absolute Gasteiger partial charge is 0.416 e. The first-order chi connectivity index (χ1) is 9.79. The summed E-state index contributed by atoms with van der Waals surface area (Å²) in [4.78, 5) is 13.1. The molecule has 1 atom stereocenters. The molecule has 0 bridgehead atoms. The Hall–Kier alpha value is -1.69. The zero-order valence-electron chi connectivity index (χ0n) is 11.1. The Morgan fingerprint density at radius 2 is 2.14 bits per heavy atom. The lowest BCUT2D eigenvalue weighted by molar-refractivity contribution is -0.137. The molecule has 1 fully saturated rings. The van der Waals surface area contributed by atoms with Crippen molar-refractivity contribution in [1.82, 2.24) is 4.90 Å². The van der Waals surface area contributed by atoms with E-state index in [9.17, 15) is 18.0 Å². The van der Waals surface area contributed by atoms with Crippen LogP contribution in [0.25, 0.3) is 0 Å². The number of nitrogens with zero attached hydrogens (tertiary/aromatic N) is 1. The molecule has 0 aliphatic carbocycles. The van der Waals surface area contributed by atoms with Crippen LogP contribution in [0, 0.1) is 0 Å². The summed E-state index contributed by atoms with van der Waals surface area (Å²) >= 11 is 5.73. The molecule has 7 heteroatoms. The van der Waals surface area contributed by atoms with E-state index in [4.69, 9.17) is 11.6 Å². The summed E-state index contributed by atoms with van der Waals surface area (Å²) in [7, 11) is 0. The van der Waals surface area contributed by atoms with Gasteiger partial charge < -0.3 is 10.2 Å². The maximum atomic E-state index is 12.7. The van der Waals surface area contributed by atoms with Crippen LogP contribution in [0.3, 0.4) is 0 Å². The van der Waals surface area contributed by atoms with Gasteiger partial charge in [0, 0.05) is 29.8 Å². The van der Waals surface area contributed by atoms with Crippen molar-refractivity contribution >= 4 is 23.2 Å². The molecule has 0 saturated carbocycles. The number of rotatable bonds is 3. The Balaban J connectivity index is 2.09. The van der Waals surface area contributed by atoms with Gasteiger partial charge in [-0.15, -0.1) is 0 Å². The van der Waals surface area contributed by atoms with Gasteiger partial charge in [-0.25, -0.2) is 0 Å². The highest BCUT2D eigenvalue weighted by Gasteiger charge is 2.31. The van der Waals surface area contributed by atoms with Crippen LogP contribution in [0.5, 0.6) is 0 Å². The minimum Gasteiger partial charge on any atom is -0.380 e. The van der Waals surface area contributed by atoms with Crippen molar-refractivity contribution in [2.75, 3.05) is 18.4 Å². The van der Waals surface area contributed by atoms with E-state index in [0.717, 1.165) is 12.1 Å². The molecular weight excluding hydrogens is 305 g/mol. The van der Waals surface area contributed by atoms with Crippen LogP contribution >= 0.6 is 11.6 Å². The van der Waals surface area contributed by atoms with Crippen LogP contribution in [0.1, 0.15) is 12.0 Å². The van der Waals surface area contributed by atoms with Crippen LogP contribution in [0.4, 0.5) is 18.9 Å². The summed E-state index contributed by atoms with van der Waals surface area (Å²) < 4.78 is 38.2. The standard InChI is InChI=1S/C14H14ClF3N2O/c1-2-13(21)20-4-3-11(8-20)19-12-6-9(14(16,17)18)5-10(15)7-12/h2,5-7,11,19H,1,3-4,8H2. The number of hydrogen-bond donors (Lipinski definition) is 1. The molecule has 1 saturated heterocycles. The summed E-state index contributed by atoms with van der Waals surface area (Å²) in [5.74, 6) is -0.179. The fraction of sp³-hybridized carbons (Fsp3) is 0.357. The van der Waals surface area contributed by atoms with Gasteiger partial charge in [0.25, 0.3) is 0 Å². The second-order valence-electron chi connectivity index (χ2n) is 4.84. The molecule has 1 N–H and O–H groups in total. The topological polar surface area (TPSA) is 32.3 Å².